The van der Waals surface area contributed by atoms with Crippen LogP contribution in [0.25, 0.3) is 0 Å². The summed E-state index contributed by atoms with van der Waals surface area (Å²) in [5.74, 6) is 1.63. The molecule has 0 spiro atoms. The Hall–Kier alpha value is -0.830. The highest BCUT2D eigenvalue weighted by molar-refractivity contribution is 4.89. The number of rotatable bonds is 4. The molecule has 3 nitrogen and oxygen atoms in total. The summed E-state index contributed by atoms with van der Waals surface area (Å²) in [5.41, 5.74) is 0. The van der Waals surface area contributed by atoms with Crippen LogP contribution in [0.1, 0.15) is 50.8 Å². The Kier molecular flexibility index (Phi) is 4.40. The Morgan fingerprint density at radius 1 is 1.31 bits per heavy atom. The second kappa shape index (κ2) is 6.04. The van der Waals surface area contributed by atoms with E-state index in [2.05, 4.69) is 9.97 Å². The zero-order valence-corrected chi connectivity index (χ0v) is 9.86. The van der Waals surface area contributed by atoms with Crippen LogP contribution >= 0.6 is 0 Å². The average molecular weight is 222 g/mol. The lowest BCUT2D eigenvalue weighted by Gasteiger charge is -2.17. The third-order valence-electron chi connectivity index (χ3n) is 3.56. The summed E-state index contributed by atoms with van der Waals surface area (Å²) in [6.45, 7) is 0. The van der Waals surface area contributed by atoms with Crippen molar-refractivity contribution < 1.29 is 5.11 Å². The largest absolute Gasteiger partial charge is 0.393 e. The van der Waals surface area contributed by atoms with Crippen molar-refractivity contribution >= 4 is 0 Å². The van der Waals surface area contributed by atoms with Crippen molar-refractivity contribution in [2.24, 2.45) is 5.92 Å². The number of H-pyrrole nitrogens is 1. The van der Waals surface area contributed by atoms with E-state index in [1.165, 1.54) is 38.5 Å². The van der Waals surface area contributed by atoms with Crippen molar-refractivity contribution in [1.82, 2.24) is 9.97 Å². The zero-order chi connectivity index (χ0) is 11.2. The summed E-state index contributed by atoms with van der Waals surface area (Å²) in [6.07, 6.45) is 13.0. The van der Waals surface area contributed by atoms with Crippen LogP contribution in [0.4, 0.5) is 0 Å². The van der Waals surface area contributed by atoms with E-state index in [9.17, 15) is 5.11 Å². The van der Waals surface area contributed by atoms with Crippen LogP contribution in [-0.4, -0.2) is 21.2 Å². The van der Waals surface area contributed by atoms with Crippen LogP contribution in [0, 0.1) is 5.92 Å². The number of hydrogen-bond acceptors (Lipinski definition) is 2. The van der Waals surface area contributed by atoms with E-state index in [4.69, 9.17) is 0 Å². The van der Waals surface area contributed by atoms with E-state index < -0.39 is 0 Å². The first-order valence-electron chi connectivity index (χ1n) is 6.51. The molecule has 2 N–H and O–H groups in total. The molecule has 1 heterocycles. The van der Waals surface area contributed by atoms with Gasteiger partial charge in [-0.25, -0.2) is 4.98 Å². The smallest absolute Gasteiger partial charge is 0.108 e. The number of aliphatic hydroxyl groups is 1. The number of nitrogens with one attached hydrogen (secondary N) is 1. The summed E-state index contributed by atoms with van der Waals surface area (Å²) >= 11 is 0. The monoisotopic (exact) mass is 222 g/mol. The molecule has 3 heteroatoms. The van der Waals surface area contributed by atoms with E-state index >= 15 is 0 Å². The SMILES string of the molecule is OC(Cc1ncc[nH]1)CC1CCCCCC1. The molecule has 1 saturated carbocycles. The minimum absolute atomic E-state index is 0.228. The molecule has 1 fully saturated rings. The first-order valence-corrected chi connectivity index (χ1v) is 6.51. The van der Waals surface area contributed by atoms with Gasteiger partial charge < -0.3 is 10.1 Å². The van der Waals surface area contributed by atoms with Crippen molar-refractivity contribution in [2.75, 3.05) is 0 Å². The van der Waals surface area contributed by atoms with Crippen molar-refractivity contribution in [3.8, 4) is 0 Å². The molecule has 1 aromatic heterocycles. The zero-order valence-electron chi connectivity index (χ0n) is 9.86. The van der Waals surface area contributed by atoms with Crippen LogP contribution in [0.2, 0.25) is 0 Å². The molecule has 0 radical (unpaired) electrons. The molecule has 2 rings (SSSR count). The highest BCUT2D eigenvalue weighted by Gasteiger charge is 2.17. The van der Waals surface area contributed by atoms with E-state index in [1.807, 2.05) is 6.20 Å². The van der Waals surface area contributed by atoms with E-state index in [0.29, 0.717) is 6.42 Å². The predicted octanol–water partition coefficient (Wildman–Crippen LogP) is 2.67. The van der Waals surface area contributed by atoms with Gasteiger partial charge in [-0.2, -0.15) is 0 Å². The lowest BCUT2D eigenvalue weighted by molar-refractivity contribution is 0.136. The fourth-order valence-electron chi connectivity index (χ4n) is 2.70. The van der Waals surface area contributed by atoms with Crippen molar-refractivity contribution in [2.45, 2.75) is 57.5 Å². The molecule has 1 aromatic rings. The average Bonchev–Trinajstić information content (AvgIpc) is 2.62. The van der Waals surface area contributed by atoms with E-state index in [-0.39, 0.29) is 6.10 Å². The normalized spacial score (nSPS) is 20.6. The number of hydrogen-bond donors (Lipinski definition) is 2. The van der Waals surface area contributed by atoms with Gasteiger partial charge >= 0.3 is 0 Å². The van der Waals surface area contributed by atoms with Gasteiger partial charge in [0.15, 0.2) is 0 Å². The van der Waals surface area contributed by atoms with Gasteiger partial charge in [-0.3, -0.25) is 0 Å². The third-order valence-corrected chi connectivity index (χ3v) is 3.56. The van der Waals surface area contributed by atoms with Crippen LogP contribution in [0.3, 0.4) is 0 Å². The van der Waals surface area contributed by atoms with Crippen molar-refractivity contribution in [1.29, 1.82) is 0 Å². The number of aromatic amines is 1. The lowest BCUT2D eigenvalue weighted by atomic mass is 9.92. The van der Waals surface area contributed by atoms with Crippen LogP contribution in [0.15, 0.2) is 12.4 Å². The van der Waals surface area contributed by atoms with Gasteiger partial charge in [0, 0.05) is 18.8 Å². The molecule has 0 amide bonds. The number of aromatic nitrogens is 2. The van der Waals surface area contributed by atoms with Gasteiger partial charge in [-0.15, -0.1) is 0 Å². The molecule has 0 aromatic carbocycles. The maximum absolute atomic E-state index is 10.0. The summed E-state index contributed by atoms with van der Waals surface area (Å²) in [6, 6.07) is 0. The first-order chi connectivity index (χ1) is 7.84. The summed E-state index contributed by atoms with van der Waals surface area (Å²) in [5, 5.41) is 10.0. The van der Waals surface area contributed by atoms with Gasteiger partial charge in [0.05, 0.1) is 6.10 Å². The van der Waals surface area contributed by atoms with Gasteiger partial charge in [-0.1, -0.05) is 38.5 Å². The predicted molar refractivity (Wildman–Crippen MR) is 64.1 cm³/mol. The molecule has 0 aliphatic heterocycles. The Morgan fingerprint density at radius 3 is 2.69 bits per heavy atom. The molecule has 1 atom stereocenters. The number of imidazole rings is 1. The summed E-state index contributed by atoms with van der Waals surface area (Å²) in [4.78, 5) is 7.20. The molecule has 1 unspecified atom stereocenters. The number of nitrogens with zero attached hydrogens (tertiary/aromatic N) is 1. The van der Waals surface area contributed by atoms with Gasteiger partial charge in [0.1, 0.15) is 5.82 Å². The molecular weight excluding hydrogens is 200 g/mol. The van der Waals surface area contributed by atoms with Crippen LogP contribution in [0.5, 0.6) is 0 Å². The second-order valence-electron chi connectivity index (χ2n) is 4.99. The summed E-state index contributed by atoms with van der Waals surface area (Å²) in [7, 11) is 0. The Bertz CT molecular complexity index is 276. The third kappa shape index (κ3) is 3.63. The summed E-state index contributed by atoms with van der Waals surface area (Å²) < 4.78 is 0. The molecule has 1 aliphatic rings. The minimum atomic E-state index is -0.228. The number of aliphatic hydroxyl groups excluding tert-OH is 1. The Labute approximate surface area is 97.3 Å². The minimum Gasteiger partial charge on any atom is -0.393 e. The van der Waals surface area contributed by atoms with Crippen molar-refractivity contribution in [3.63, 3.8) is 0 Å². The molecule has 0 saturated heterocycles. The van der Waals surface area contributed by atoms with Gasteiger partial charge in [0.2, 0.25) is 0 Å². The van der Waals surface area contributed by atoms with E-state index in [1.54, 1.807) is 6.20 Å². The topological polar surface area (TPSA) is 48.9 Å². The Balaban J connectivity index is 1.75. The first kappa shape index (κ1) is 11.6. The van der Waals surface area contributed by atoms with Crippen LogP contribution in [-0.2, 0) is 6.42 Å². The second-order valence-corrected chi connectivity index (χ2v) is 4.99. The van der Waals surface area contributed by atoms with Gasteiger partial charge in [0.25, 0.3) is 0 Å². The quantitative estimate of drug-likeness (QED) is 0.769. The van der Waals surface area contributed by atoms with Crippen LogP contribution < -0.4 is 0 Å². The fourth-order valence-corrected chi connectivity index (χ4v) is 2.70. The van der Waals surface area contributed by atoms with Crippen molar-refractivity contribution in [3.05, 3.63) is 18.2 Å². The molecule has 1 aliphatic carbocycles. The lowest BCUT2D eigenvalue weighted by Crippen LogP contribution is -2.16. The van der Waals surface area contributed by atoms with E-state index in [0.717, 1.165) is 18.2 Å². The molecule has 0 bridgehead atoms. The molecule has 16 heavy (non-hydrogen) atoms. The highest BCUT2D eigenvalue weighted by atomic mass is 16.3. The Morgan fingerprint density at radius 2 is 2.06 bits per heavy atom. The maximum atomic E-state index is 10.0. The van der Waals surface area contributed by atoms with Gasteiger partial charge in [-0.05, 0) is 12.3 Å². The maximum Gasteiger partial charge on any atom is 0.108 e. The fraction of sp³-hybridized carbons (Fsp3) is 0.769. The standard InChI is InChI=1S/C13H22N2O/c16-12(10-13-14-7-8-15-13)9-11-5-3-1-2-4-6-11/h7-8,11-12,16H,1-6,9-10H2,(H,14,15). The molecular formula is C13H22N2O. The molecule has 90 valence electrons. The highest BCUT2D eigenvalue weighted by Crippen LogP contribution is 2.26.